The van der Waals surface area contributed by atoms with E-state index in [0.717, 1.165) is 167 Å². The number of hydrogen-bond acceptors (Lipinski definition) is 14. The number of aliphatic hydroxyl groups excluding tert-OH is 2. The van der Waals surface area contributed by atoms with Gasteiger partial charge in [0.25, 0.3) is 0 Å². The van der Waals surface area contributed by atoms with E-state index in [1.165, 1.54) is 13.8 Å². The molecule has 0 aromatic rings. The molecule has 0 aliphatic rings. The lowest BCUT2D eigenvalue weighted by Crippen LogP contribution is -2.47. The second-order valence-corrected chi connectivity index (χ2v) is 22.8. The molecule has 4 unspecified atom stereocenters. The number of aliphatic hydroxyl groups is 2. The Kier molecular flexibility index (Phi) is 46.6. The summed E-state index contributed by atoms with van der Waals surface area (Å²) >= 11 is 0. The molecule has 0 aliphatic carbocycles. The fourth-order valence-corrected chi connectivity index (χ4v) is 8.91. The number of unbranched alkanes of at least 4 members (excludes halogenated alkanes) is 21. The van der Waals surface area contributed by atoms with Crippen LogP contribution < -0.4 is 0 Å². The Bertz CT molecular complexity index is 1500. The molecule has 0 amide bonds. The minimum Gasteiger partial charge on any atom is -0.466 e. The fourth-order valence-electron chi connectivity index (χ4n) is 8.91. The monoisotopic (exact) mass is 1110 g/mol. The Morgan fingerprint density at radius 3 is 1.08 bits per heavy atom. The van der Waals surface area contributed by atoms with Gasteiger partial charge in [-0.15, -0.1) is 0 Å². The Morgan fingerprint density at radius 2 is 0.731 bits per heavy atom. The fraction of sp³-hybridized carbons (Fsp3) is 0.839. The summed E-state index contributed by atoms with van der Waals surface area (Å²) in [6, 6.07) is 0. The van der Waals surface area contributed by atoms with Gasteiger partial charge >= 0.3 is 35.8 Å². The first-order valence-corrected chi connectivity index (χ1v) is 30.6. The third kappa shape index (κ3) is 48.1. The molecular formula is C62H114N2O14+2. The molecule has 0 bridgehead atoms. The molecule has 0 saturated carbocycles. The summed E-state index contributed by atoms with van der Waals surface area (Å²) in [5, 5.41) is 21.8. The summed E-state index contributed by atoms with van der Waals surface area (Å²) in [4.78, 5) is 72.2. The van der Waals surface area contributed by atoms with Gasteiger partial charge in [0.2, 0.25) is 0 Å². The van der Waals surface area contributed by atoms with Crippen LogP contribution in [0.1, 0.15) is 233 Å². The lowest BCUT2D eigenvalue weighted by Gasteiger charge is -2.30. The summed E-state index contributed by atoms with van der Waals surface area (Å²) in [7, 11) is 7.54. The lowest BCUT2D eigenvalue weighted by atomic mass is 10.0. The minimum atomic E-state index is -0.766. The van der Waals surface area contributed by atoms with Gasteiger partial charge in [-0.25, -0.2) is 9.59 Å². The molecule has 0 fully saturated rings. The van der Waals surface area contributed by atoms with Gasteiger partial charge in [0.1, 0.15) is 38.5 Å². The van der Waals surface area contributed by atoms with E-state index in [2.05, 4.69) is 26.0 Å². The van der Waals surface area contributed by atoms with Gasteiger partial charge in [-0.1, -0.05) is 141 Å². The topological polar surface area (TPSA) is 198 Å². The lowest BCUT2D eigenvalue weighted by molar-refractivity contribution is -0.883. The molecule has 2 N–H and O–H groups in total. The number of rotatable bonds is 53. The molecule has 4 atom stereocenters. The minimum absolute atomic E-state index is 0.108. The van der Waals surface area contributed by atoms with Gasteiger partial charge in [-0.05, 0) is 89.9 Å². The maximum Gasteiger partial charge on any atom is 0.362 e. The number of esters is 6. The zero-order chi connectivity index (χ0) is 58.1. The maximum absolute atomic E-state index is 12.8. The molecule has 0 spiro atoms. The largest absolute Gasteiger partial charge is 0.466 e. The van der Waals surface area contributed by atoms with Gasteiger partial charge in [-0.2, -0.15) is 0 Å². The van der Waals surface area contributed by atoms with E-state index < -0.39 is 24.4 Å². The summed E-state index contributed by atoms with van der Waals surface area (Å²) in [6.45, 7) is 9.62. The van der Waals surface area contributed by atoms with Crippen LogP contribution in [0.15, 0.2) is 24.3 Å². The van der Waals surface area contributed by atoms with Crippen LogP contribution >= 0.6 is 0 Å². The smallest absolute Gasteiger partial charge is 0.362 e. The van der Waals surface area contributed by atoms with Crippen molar-refractivity contribution in [3.63, 3.8) is 0 Å². The van der Waals surface area contributed by atoms with E-state index >= 15 is 0 Å². The molecule has 0 aromatic heterocycles. The molecule has 78 heavy (non-hydrogen) atoms. The van der Waals surface area contributed by atoms with Gasteiger partial charge in [0.05, 0.1) is 53.6 Å². The number of nitrogens with zero attached hydrogens (tertiary/aromatic N) is 2. The Balaban J connectivity index is 3.90. The predicted octanol–water partition coefficient (Wildman–Crippen LogP) is 11.5. The zero-order valence-electron chi connectivity index (χ0n) is 50.6. The Morgan fingerprint density at radius 1 is 0.397 bits per heavy atom. The van der Waals surface area contributed by atoms with E-state index in [0.29, 0.717) is 73.8 Å². The second kappa shape index (κ2) is 49.0. The predicted molar refractivity (Wildman–Crippen MR) is 308 cm³/mol. The van der Waals surface area contributed by atoms with Crippen molar-refractivity contribution in [1.29, 1.82) is 0 Å². The van der Waals surface area contributed by atoms with Crippen molar-refractivity contribution in [2.45, 2.75) is 258 Å². The van der Waals surface area contributed by atoms with Crippen molar-refractivity contribution >= 4 is 35.8 Å². The summed E-state index contributed by atoms with van der Waals surface area (Å²) in [5.41, 5.74) is 0. The number of carbonyl (C=O) groups is 6. The van der Waals surface area contributed by atoms with Crippen LogP contribution in [0.25, 0.3) is 0 Å². The highest BCUT2D eigenvalue weighted by atomic mass is 16.6. The maximum atomic E-state index is 12.8. The summed E-state index contributed by atoms with van der Waals surface area (Å²) < 4.78 is 33.2. The van der Waals surface area contributed by atoms with E-state index in [-0.39, 0.29) is 62.1 Å². The molecule has 0 heterocycles. The molecular weight excluding hydrogens is 997 g/mol. The van der Waals surface area contributed by atoms with E-state index in [1.807, 2.05) is 40.3 Å². The molecule has 0 aliphatic heterocycles. The quantitative estimate of drug-likeness (QED) is 0.0192. The average molecular weight is 1110 g/mol. The highest BCUT2D eigenvalue weighted by molar-refractivity contribution is 5.71. The van der Waals surface area contributed by atoms with E-state index in [1.54, 1.807) is 0 Å². The summed E-state index contributed by atoms with van der Waals surface area (Å²) in [6.07, 6.45) is 34.7. The van der Waals surface area contributed by atoms with Crippen LogP contribution in [0.3, 0.4) is 0 Å². The number of likely N-dealkylation sites (N-methyl/N-ethyl adjacent to an activating group) is 2. The number of allylic oxidation sites excluding steroid dienone is 2. The van der Waals surface area contributed by atoms with Gasteiger partial charge in [-0.3, -0.25) is 19.2 Å². The normalized spacial score (nSPS) is 13.5. The number of carbonyl (C=O) groups excluding carboxylic acids is 6. The summed E-state index contributed by atoms with van der Waals surface area (Å²) in [5.74, 6) is -1.64. The molecule has 0 rings (SSSR count). The first-order valence-electron chi connectivity index (χ1n) is 30.6. The van der Waals surface area contributed by atoms with Crippen molar-refractivity contribution in [2.75, 3.05) is 80.8 Å². The van der Waals surface area contributed by atoms with Crippen molar-refractivity contribution in [1.82, 2.24) is 0 Å². The SMILES string of the molecule is CCCCCC(OC(=O)C[N+](C)(C)CCOC(C)=O)C(O)C/C=C\CCCCCCCC(=O)OCCCCCCCCCCOC(=O)CCCCCCC/C=C\CC(O)C(CCCCC)OC(=O)C[N+](C)(C)CCOC(C)=O. The van der Waals surface area contributed by atoms with E-state index in [9.17, 15) is 39.0 Å². The molecule has 0 radical (unpaired) electrons. The van der Waals surface area contributed by atoms with Crippen LogP contribution in [-0.2, 0) is 57.2 Å². The molecule has 0 saturated heterocycles. The van der Waals surface area contributed by atoms with Crippen LogP contribution in [0.2, 0.25) is 0 Å². The molecule has 0 aromatic carbocycles. The second-order valence-electron chi connectivity index (χ2n) is 22.8. The highest BCUT2D eigenvalue weighted by Crippen LogP contribution is 2.19. The van der Waals surface area contributed by atoms with Gasteiger partial charge in [0, 0.05) is 26.7 Å². The number of hydrogen-bond donors (Lipinski definition) is 2. The first-order chi connectivity index (χ1) is 37.3. The first kappa shape index (κ1) is 74.1. The third-order valence-corrected chi connectivity index (χ3v) is 13.9. The van der Waals surface area contributed by atoms with Crippen LogP contribution in [-0.4, -0.2) is 160 Å². The standard InChI is InChI=1S/C62H114N2O14/c1-9-11-31-41-57(77-61(71)51-63(5,6)45-49-73-53(3)65)55(67)39-33-25-19-13-15-21-27-35-43-59(69)75-47-37-29-23-17-18-24-30-38-48-76-60(70)44-36-28-22-16-14-20-26-34-40-56(68)58(42-32-12-10-2)78-62(72)52-64(7,8)46-50-74-54(4)66/h25-26,33-34,55-58,67-68H,9-24,27-32,35-52H2,1-8H3/q+2/b33-25-,34-26-. The van der Waals surface area contributed by atoms with Crippen molar-refractivity contribution < 1.29 is 76.4 Å². The highest BCUT2D eigenvalue weighted by Gasteiger charge is 2.29. The van der Waals surface area contributed by atoms with Crippen LogP contribution in [0, 0.1) is 0 Å². The number of ether oxygens (including phenoxy) is 6. The van der Waals surface area contributed by atoms with Crippen molar-refractivity contribution in [2.24, 2.45) is 0 Å². The van der Waals surface area contributed by atoms with Crippen LogP contribution in [0.4, 0.5) is 0 Å². The molecule has 16 heteroatoms. The third-order valence-electron chi connectivity index (χ3n) is 13.9. The van der Waals surface area contributed by atoms with E-state index in [4.69, 9.17) is 28.4 Å². The molecule has 454 valence electrons. The van der Waals surface area contributed by atoms with Crippen molar-refractivity contribution in [3.8, 4) is 0 Å². The van der Waals surface area contributed by atoms with Crippen LogP contribution in [0.5, 0.6) is 0 Å². The van der Waals surface area contributed by atoms with Gasteiger partial charge < -0.3 is 47.6 Å². The average Bonchev–Trinajstić information content (AvgIpc) is 3.36. The Hall–Kier alpha value is -3.86. The zero-order valence-corrected chi connectivity index (χ0v) is 50.6. The molecule has 16 nitrogen and oxygen atoms in total. The van der Waals surface area contributed by atoms with Crippen molar-refractivity contribution in [3.05, 3.63) is 24.3 Å². The number of quaternary nitrogens is 2. The Labute approximate surface area is 473 Å². The van der Waals surface area contributed by atoms with Gasteiger partial charge in [0.15, 0.2) is 13.1 Å².